The van der Waals surface area contributed by atoms with Gasteiger partial charge in [0.05, 0.1) is 22.1 Å². The highest BCUT2D eigenvalue weighted by Gasteiger charge is 2.17. The van der Waals surface area contributed by atoms with Gasteiger partial charge in [-0.15, -0.1) is 0 Å². The van der Waals surface area contributed by atoms with E-state index >= 15 is 0 Å². The second kappa shape index (κ2) is 8.40. The van der Waals surface area contributed by atoms with Crippen molar-refractivity contribution in [1.29, 1.82) is 0 Å². The summed E-state index contributed by atoms with van der Waals surface area (Å²) in [5.74, 6) is 0.741. The highest BCUT2D eigenvalue weighted by molar-refractivity contribution is 6.12. The van der Waals surface area contributed by atoms with Gasteiger partial charge in [-0.05, 0) is 73.2 Å². The molecule has 0 atom stereocenters. The molecule has 0 spiro atoms. The number of hydrogen-bond acceptors (Lipinski definition) is 2. The Morgan fingerprint density at radius 1 is 0.487 bits per heavy atom. The molecule has 0 aliphatic heterocycles. The molecule has 8 aromatic rings. The molecule has 0 radical (unpaired) electrons. The molecule has 184 valence electrons. The van der Waals surface area contributed by atoms with Crippen molar-refractivity contribution in [2.45, 2.75) is 6.92 Å². The van der Waals surface area contributed by atoms with Crippen molar-refractivity contribution in [2.75, 3.05) is 0 Å². The summed E-state index contributed by atoms with van der Waals surface area (Å²) < 4.78 is 4.77. The lowest BCUT2D eigenvalue weighted by Gasteiger charge is -2.13. The lowest BCUT2D eigenvalue weighted by Crippen LogP contribution is -1.98. The Labute approximate surface area is 225 Å². The Morgan fingerprint density at radius 2 is 1.05 bits per heavy atom. The van der Waals surface area contributed by atoms with Crippen LogP contribution in [0.15, 0.2) is 128 Å². The lowest BCUT2D eigenvalue weighted by molar-refractivity contribution is 1.13. The van der Waals surface area contributed by atoms with Crippen LogP contribution in [-0.4, -0.2) is 19.1 Å². The normalized spacial score (nSPS) is 11.7. The number of benzene rings is 5. The number of rotatable bonds is 3. The predicted molar refractivity (Wildman–Crippen MR) is 161 cm³/mol. The average molecular weight is 501 g/mol. The summed E-state index contributed by atoms with van der Waals surface area (Å²) in [4.78, 5) is 8.88. The molecule has 0 bridgehead atoms. The van der Waals surface area contributed by atoms with Crippen LogP contribution in [0.1, 0.15) is 5.56 Å². The molecule has 0 aliphatic carbocycles. The number of nitrogens with zero attached hydrogens (tertiary/aromatic N) is 4. The molecule has 4 nitrogen and oxygen atoms in total. The summed E-state index contributed by atoms with van der Waals surface area (Å²) >= 11 is 0. The summed E-state index contributed by atoms with van der Waals surface area (Å²) in [5, 5.41) is 5.02. The second-order valence-electron chi connectivity index (χ2n) is 10.00. The molecular formula is C35H24N4. The van der Waals surface area contributed by atoms with Gasteiger partial charge in [-0.25, -0.2) is 9.97 Å². The van der Waals surface area contributed by atoms with Crippen LogP contribution in [0, 0.1) is 6.92 Å². The maximum absolute atomic E-state index is 4.44. The molecule has 0 fully saturated rings. The summed E-state index contributed by atoms with van der Waals surface area (Å²) in [6.07, 6.45) is 3.57. The first-order valence-electron chi connectivity index (χ1n) is 13.2. The number of para-hydroxylation sites is 3. The zero-order valence-corrected chi connectivity index (χ0v) is 21.4. The summed E-state index contributed by atoms with van der Waals surface area (Å²) in [6, 6.07) is 41.2. The average Bonchev–Trinajstić information content (AvgIpc) is 3.50. The van der Waals surface area contributed by atoms with Gasteiger partial charge in [-0.3, -0.25) is 0 Å². The summed E-state index contributed by atoms with van der Waals surface area (Å²) in [7, 11) is 0. The van der Waals surface area contributed by atoms with Crippen molar-refractivity contribution in [3.05, 3.63) is 133 Å². The number of hydrogen-bond donors (Lipinski definition) is 0. The molecule has 39 heavy (non-hydrogen) atoms. The van der Waals surface area contributed by atoms with Gasteiger partial charge in [0.2, 0.25) is 0 Å². The van der Waals surface area contributed by atoms with E-state index in [-0.39, 0.29) is 0 Å². The van der Waals surface area contributed by atoms with E-state index in [0.29, 0.717) is 0 Å². The fourth-order valence-corrected chi connectivity index (χ4v) is 6.05. The zero-order valence-electron chi connectivity index (χ0n) is 21.4. The highest BCUT2D eigenvalue weighted by atomic mass is 15.0. The van der Waals surface area contributed by atoms with Crippen molar-refractivity contribution in [1.82, 2.24) is 19.1 Å². The van der Waals surface area contributed by atoms with Crippen LogP contribution >= 0.6 is 0 Å². The van der Waals surface area contributed by atoms with Crippen molar-refractivity contribution in [2.24, 2.45) is 0 Å². The SMILES string of the molecule is Cc1cc(-c2ncccn2)ccc1-n1c2ccccc2c2cc(-n3c4ccccc4c4ccccc43)ccc21. The van der Waals surface area contributed by atoms with E-state index in [0.717, 1.165) is 22.8 Å². The fraction of sp³-hybridized carbons (Fsp3) is 0.0286. The van der Waals surface area contributed by atoms with Crippen LogP contribution < -0.4 is 0 Å². The Bertz CT molecular complexity index is 2130. The summed E-state index contributed by atoms with van der Waals surface area (Å²) in [5.41, 5.74) is 9.33. The van der Waals surface area contributed by atoms with Crippen LogP contribution in [0.2, 0.25) is 0 Å². The van der Waals surface area contributed by atoms with Crippen LogP contribution in [0.5, 0.6) is 0 Å². The van der Waals surface area contributed by atoms with Gasteiger partial charge in [-0.2, -0.15) is 0 Å². The quantitative estimate of drug-likeness (QED) is 0.243. The van der Waals surface area contributed by atoms with Crippen molar-refractivity contribution < 1.29 is 0 Å². The lowest BCUT2D eigenvalue weighted by atomic mass is 10.1. The number of aryl methyl sites for hydroxylation is 1. The van der Waals surface area contributed by atoms with Gasteiger partial charge in [0.15, 0.2) is 5.82 Å². The molecule has 5 aromatic carbocycles. The maximum Gasteiger partial charge on any atom is 0.159 e. The minimum Gasteiger partial charge on any atom is -0.309 e. The summed E-state index contributed by atoms with van der Waals surface area (Å²) in [6.45, 7) is 2.16. The number of fused-ring (bicyclic) bond motifs is 6. The highest BCUT2D eigenvalue weighted by Crippen LogP contribution is 2.37. The first kappa shape index (κ1) is 21.8. The van der Waals surface area contributed by atoms with Gasteiger partial charge in [0.25, 0.3) is 0 Å². The van der Waals surface area contributed by atoms with E-state index in [2.05, 4.69) is 135 Å². The van der Waals surface area contributed by atoms with E-state index in [1.807, 2.05) is 6.07 Å². The zero-order chi connectivity index (χ0) is 25.9. The molecular weight excluding hydrogens is 476 g/mol. The monoisotopic (exact) mass is 500 g/mol. The Balaban J connectivity index is 1.38. The maximum atomic E-state index is 4.44. The predicted octanol–water partition coefficient (Wildman–Crippen LogP) is 8.65. The van der Waals surface area contributed by atoms with E-state index in [1.54, 1.807) is 12.4 Å². The third-order valence-corrected chi connectivity index (χ3v) is 7.76. The molecule has 8 rings (SSSR count). The van der Waals surface area contributed by atoms with E-state index in [9.17, 15) is 0 Å². The van der Waals surface area contributed by atoms with Crippen molar-refractivity contribution in [3.8, 4) is 22.8 Å². The molecule has 3 aromatic heterocycles. The van der Waals surface area contributed by atoms with Crippen molar-refractivity contribution >= 4 is 43.6 Å². The second-order valence-corrected chi connectivity index (χ2v) is 10.00. The van der Waals surface area contributed by atoms with Crippen LogP contribution in [-0.2, 0) is 0 Å². The minimum absolute atomic E-state index is 0.741. The van der Waals surface area contributed by atoms with Gasteiger partial charge >= 0.3 is 0 Å². The fourth-order valence-electron chi connectivity index (χ4n) is 6.05. The molecule has 0 unspecified atom stereocenters. The largest absolute Gasteiger partial charge is 0.309 e. The van der Waals surface area contributed by atoms with Crippen molar-refractivity contribution in [3.63, 3.8) is 0 Å². The van der Waals surface area contributed by atoms with E-state index in [4.69, 9.17) is 0 Å². The van der Waals surface area contributed by atoms with Gasteiger partial charge in [0.1, 0.15) is 0 Å². The molecule has 0 amide bonds. The smallest absolute Gasteiger partial charge is 0.159 e. The Kier molecular flexibility index (Phi) is 4.70. The van der Waals surface area contributed by atoms with Gasteiger partial charge in [-0.1, -0.05) is 54.6 Å². The third-order valence-electron chi connectivity index (χ3n) is 7.76. The van der Waals surface area contributed by atoms with Gasteiger partial charge in [0, 0.05) is 50.9 Å². The van der Waals surface area contributed by atoms with Crippen LogP contribution in [0.4, 0.5) is 0 Å². The molecule has 0 saturated heterocycles. The number of aromatic nitrogens is 4. The van der Waals surface area contributed by atoms with Gasteiger partial charge < -0.3 is 9.13 Å². The minimum atomic E-state index is 0.741. The topological polar surface area (TPSA) is 35.6 Å². The molecule has 3 heterocycles. The molecule has 4 heteroatoms. The van der Waals surface area contributed by atoms with E-state index < -0.39 is 0 Å². The molecule has 0 saturated carbocycles. The van der Waals surface area contributed by atoms with E-state index in [1.165, 1.54) is 49.2 Å². The third kappa shape index (κ3) is 3.25. The Hall–Kier alpha value is -5.22. The standard InChI is InChI=1S/C35H24N4/c1-23-21-24(35-36-19-8-20-37-35)15-17-30(23)39-33-14-7-4-11-28(33)29-22-25(16-18-34(29)39)38-31-12-5-2-9-26(31)27-10-3-6-13-32(27)38/h2-22H,1H3. The molecule has 0 aliphatic rings. The van der Waals surface area contributed by atoms with Crippen LogP contribution in [0.25, 0.3) is 66.4 Å². The Morgan fingerprint density at radius 3 is 1.69 bits per heavy atom. The van der Waals surface area contributed by atoms with Crippen LogP contribution in [0.3, 0.4) is 0 Å². The molecule has 0 N–H and O–H groups in total. The first-order valence-corrected chi connectivity index (χ1v) is 13.2. The first-order chi connectivity index (χ1) is 19.3.